The van der Waals surface area contributed by atoms with E-state index in [-0.39, 0.29) is 0 Å². The Bertz CT molecular complexity index is 593. The third kappa shape index (κ3) is 3.61. The number of nitrogens with two attached hydrogens (primary N) is 1. The molecule has 0 radical (unpaired) electrons. The Hall–Kier alpha value is -1.43. The summed E-state index contributed by atoms with van der Waals surface area (Å²) in [5.41, 5.74) is 6.59. The highest BCUT2D eigenvalue weighted by molar-refractivity contribution is 6.30. The van der Waals surface area contributed by atoms with Gasteiger partial charge in [-0.15, -0.1) is 0 Å². The molecule has 0 spiro atoms. The smallest absolute Gasteiger partial charge is 0.241 e. The zero-order valence-corrected chi connectivity index (χ0v) is 12.6. The Kier molecular flexibility index (Phi) is 4.53. The lowest BCUT2D eigenvalue weighted by Gasteiger charge is -2.30. The van der Waals surface area contributed by atoms with Gasteiger partial charge in [0, 0.05) is 10.6 Å². The van der Waals surface area contributed by atoms with Crippen molar-refractivity contribution in [2.24, 2.45) is 11.7 Å². The van der Waals surface area contributed by atoms with Crippen molar-refractivity contribution in [3.8, 4) is 11.4 Å². The summed E-state index contributed by atoms with van der Waals surface area (Å²) in [7, 11) is 0. The molecule has 1 aliphatic rings. The summed E-state index contributed by atoms with van der Waals surface area (Å²) in [5.74, 6) is 1.89. The molecule has 21 heavy (non-hydrogen) atoms. The number of likely N-dealkylation sites (tertiary alicyclic amines) is 1. The topological polar surface area (TPSA) is 68.2 Å². The lowest BCUT2D eigenvalue weighted by atomic mass is 9.97. The number of aromatic nitrogens is 2. The summed E-state index contributed by atoms with van der Waals surface area (Å²) < 4.78 is 5.34. The monoisotopic (exact) mass is 306 g/mol. The van der Waals surface area contributed by atoms with Gasteiger partial charge in [-0.05, 0) is 50.5 Å². The minimum atomic E-state index is 0.587. The normalized spacial score (nSPS) is 17.2. The second-order valence-corrected chi connectivity index (χ2v) is 5.91. The first kappa shape index (κ1) is 14.5. The maximum atomic E-state index is 5.98. The molecule has 2 N–H and O–H groups in total. The van der Waals surface area contributed by atoms with Gasteiger partial charge < -0.3 is 10.3 Å². The molecule has 0 bridgehead atoms. The van der Waals surface area contributed by atoms with Gasteiger partial charge in [0.1, 0.15) is 0 Å². The van der Waals surface area contributed by atoms with Crippen molar-refractivity contribution in [3.05, 3.63) is 35.2 Å². The maximum Gasteiger partial charge on any atom is 0.241 e. The molecule has 6 heteroatoms. The molecule has 0 saturated carbocycles. The van der Waals surface area contributed by atoms with E-state index in [1.165, 1.54) is 0 Å². The van der Waals surface area contributed by atoms with Crippen LogP contribution >= 0.6 is 11.6 Å². The molecule has 1 aromatic heterocycles. The van der Waals surface area contributed by atoms with E-state index in [0.717, 1.165) is 38.0 Å². The lowest BCUT2D eigenvalue weighted by Crippen LogP contribution is -2.35. The molecule has 1 fully saturated rings. The second kappa shape index (κ2) is 6.56. The summed E-state index contributed by atoms with van der Waals surface area (Å²) in [6.45, 7) is 3.56. The Morgan fingerprint density at radius 1 is 1.33 bits per heavy atom. The highest BCUT2D eigenvalue weighted by Crippen LogP contribution is 2.21. The van der Waals surface area contributed by atoms with Crippen LogP contribution in [0.1, 0.15) is 18.7 Å². The number of hydrogen-bond donors (Lipinski definition) is 1. The molecule has 2 aromatic rings. The fraction of sp³-hybridized carbons (Fsp3) is 0.467. The molecular formula is C15H19ClN4O. The van der Waals surface area contributed by atoms with Gasteiger partial charge in [0.25, 0.3) is 0 Å². The largest absolute Gasteiger partial charge is 0.338 e. The van der Waals surface area contributed by atoms with Gasteiger partial charge in [-0.3, -0.25) is 4.90 Å². The van der Waals surface area contributed by atoms with E-state index in [9.17, 15) is 0 Å². The van der Waals surface area contributed by atoms with E-state index in [4.69, 9.17) is 21.9 Å². The van der Waals surface area contributed by atoms with E-state index in [0.29, 0.717) is 29.2 Å². The number of nitrogens with zero attached hydrogens (tertiary/aromatic N) is 3. The van der Waals surface area contributed by atoms with E-state index in [1.54, 1.807) is 0 Å². The van der Waals surface area contributed by atoms with Crippen LogP contribution in [-0.4, -0.2) is 34.7 Å². The molecule has 1 saturated heterocycles. The molecule has 5 nitrogen and oxygen atoms in total. The first-order valence-corrected chi connectivity index (χ1v) is 7.63. The Morgan fingerprint density at radius 3 is 2.86 bits per heavy atom. The summed E-state index contributed by atoms with van der Waals surface area (Å²) >= 11 is 5.98. The third-order valence-electron chi connectivity index (χ3n) is 3.95. The number of rotatable bonds is 4. The summed E-state index contributed by atoms with van der Waals surface area (Å²) in [6, 6.07) is 7.47. The quantitative estimate of drug-likeness (QED) is 0.940. The van der Waals surface area contributed by atoms with Crippen molar-refractivity contribution >= 4 is 11.6 Å². The van der Waals surface area contributed by atoms with Gasteiger partial charge in [-0.25, -0.2) is 0 Å². The number of piperidine rings is 1. The van der Waals surface area contributed by atoms with Gasteiger partial charge >= 0.3 is 0 Å². The van der Waals surface area contributed by atoms with Crippen molar-refractivity contribution in [2.75, 3.05) is 19.6 Å². The maximum absolute atomic E-state index is 5.98. The third-order valence-corrected chi connectivity index (χ3v) is 4.19. The van der Waals surface area contributed by atoms with Crippen LogP contribution in [0.25, 0.3) is 11.4 Å². The van der Waals surface area contributed by atoms with Crippen LogP contribution in [0.5, 0.6) is 0 Å². The van der Waals surface area contributed by atoms with E-state index in [1.807, 2.05) is 24.3 Å². The summed E-state index contributed by atoms with van der Waals surface area (Å²) in [6.07, 6.45) is 2.29. The highest BCUT2D eigenvalue weighted by Gasteiger charge is 2.20. The zero-order valence-electron chi connectivity index (χ0n) is 11.8. The van der Waals surface area contributed by atoms with Crippen molar-refractivity contribution in [1.82, 2.24) is 15.0 Å². The molecule has 0 atom stereocenters. The van der Waals surface area contributed by atoms with Crippen LogP contribution in [-0.2, 0) is 6.54 Å². The molecule has 2 heterocycles. The fourth-order valence-electron chi connectivity index (χ4n) is 2.64. The summed E-state index contributed by atoms with van der Waals surface area (Å²) in [4.78, 5) is 6.79. The average molecular weight is 307 g/mol. The number of benzene rings is 1. The van der Waals surface area contributed by atoms with E-state index < -0.39 is 0 Å². The standard InChI is InChI=1S/C15H19ClN4O/c16-13-3-1-2-12(8-13)15-18-14(21-19-15)10-20-6-4-11(9-17)5-7-20/h1-3,8,11H,4-7,9-10,17H2. The van der Waals surface area contributed by atoms with Crippen molar-refractivity contribution < 1.29 is 4.52 Å². The Morgan fingerprint density at radius 2 is 2.14 bits per heavy atom. The molecule has 1 aromatic carbocycles. The molecule has 1 aliphatic heterocycles. The lowest BCUT2D eigenvalue weighted by molar-refractivity contribution is 0.161. The number of hydrogen-bond acceptors (Lipinski definition) is 5. The first-order chi connectivity index (χ1) is 10.2. The molecule has 3 rings (SSSR count). The SMILES string of the molecule is NCC1CCN(Cc2nc(-c3cccc(Cl)c3)no2)CC1. The van der Waals surface area contributed by atoms with Gasteiger partial charge in [-0.1, -0.05) is 28.9 Å². The van der Waals surface area contributed by atoms with E-state index in [2.05, 4.69) is 15.0 Å². The first-order valence-electron chi connectivity index (χ1n) is 7.25. The molecule has 0 amide bonds. The van der Waals surface area contributed by atoms with Crippen LogP contribution in [0.3, 0.4) is 0 Å². The Balaban J connectivity index is 1.63. The van der Waals surface area contributed by atoms with Gasteiger partial charge in [0.2, 0.25) is 11.7 Å². The molecular weight excluding hydrogens is 288 g/mol. The molecule has 112 valence electrons. The Labute approximate surface area is 129 Å². The predicted molar refractivity (Wildman–Crippen MR) is 81.8 cm³/mol. The fourth-order valence-corrected chi connectivity index (χ4v) is 2.83. The highest BCUT2D eigenvalue weighted by atomic mass is 35.5. The van der Waals surface area contributed by atoms with Crippen LogP contribution in [0.15, 0.2) is 28.8 Å². The number of halogens is 1. The minimum Gasteiger partial charge on any atom is -0.338 e. The van der Waals surface area contributed by atoms with Crippen LogP contribution in [0.4, 0.5) is 0 Å². The summed E-state index contributed by atoms with van der Waals surface area (Å²) in [5, 5.41) is 4.70. The zero-order chi connectivity index (χ0) is 14.7. The van der Waals surface area contributed by atoms with Gasteiger partial charge in [-0.2, -0.15) is 4.98 Å². The predicted octanol–water partition coefficient (Wildman–Crippen LogP) is 2.56. The van der Waals surface area contributed by atoms with Crippen molar-refractivity contribution in [3.63, 3.8) is 0 Å². The molecule has 0 unspecified atom stereocenters. The average Bonchev–Trinajstić information content (AvgIpc) is 2.97. The molecule has 0 aliphatic carbocycles. The van der Waals surface area contributed by atoms with Crippen LogP contribution < -0.4 is 5.73 Å². The minimum absolute atomic E-state index is 0.587. The van der Waals surface area contributed by atoms with Gasteiger partial charge in [0.05, 0.1) is 6.54 Å². The van der Waals surface area contributed by atoms with E-state index >= 15 is 0 Å². The van der Waals surface area contributed by atoms with Crippen LogP contribution in [0.2, 0.25) is 5.02 Å². The van der Waals surface area contributed by atoms with Crippen LogP contribution in [0, 0.1) is 5.92 Å². The van der Waals surface area contributed by atoms with Gasteiger partial charge in [0.15, 0.2) is 0 Å². The second-order valence-electron chi connectivity index (χ2n) is 5.48. The van der Waals surface area contributed by atoms with Crippen molar-refractivity contribution in [1.29, 1.82) is 0 Å². The van der Waals surface area contributed by atoms with Crippen molar-refractivity contribution in [2.45, 2.75) is 19.4 Å².